The molecule has 0 radical (unpaired) electrons. The highest BCUT2D eigenvalue weighted by molar-refractivity contribution is 7.89. The van der Waals surface area contributed by atoms with Crippen molar-refractivity contribution in [1.82, 2.24) is 4.72 Å². The summed E-state index contributed by atoms with van der Waals surface area (Å²) in [5.41, 5.74) is 2.73. The molecular weight excluding hydrogens is 448 g/mol. The van der Waals surface area contributed by atoms with Crippen LogP contribution in [0.5, 0.6) is 5.75 Å². The number of ether oxygens (including phenoxy) is 1. The Balaban J connectivity index is 1.90. The van der Waals surface area contributed by atoms with E-state index in [2.05, 4.69) is 10.0 Å². The zero-order chi connectivity index (χ0) is 23.3. The first-order chi connectivity index (χ1) is 15.2. The number of methoxy groups -OCH3 is 1. The number of nitrogens with one attached hydrogen (secondary N) is 2. The normalized spacial score (nSPS) is 12.2. The van der Waals surface area contributed by atoms with Crippen LogP contribution in [0.2, 0.25) is 5.02 Å². The van der Waals surface area contributed by atoms with Crippen molar-refractivity contribution in [3.8, 4) is 5.75 Å². The van der Waals surface area contributed by atoms with Crippen molar-refractivity contribution < 1.29 is 17.9 Å². The van der Waals surface area contributed by atoms with E-state index < -0.39 is 22.0 Å². The van der Waals surface area contributed by atoms with Gasteiger partial charge in [0.25, 0.3) is 0 Å². The number of hydrogen-bond acceptors (Lipinski definition) is 4. The van der Waals surface area contributed by atoms with Gasteiger partial charge in [-0.1, -0.05) is 48.0 Å². The number of amides is 1. The molecule has 3 aromatic carbocycles. The molecular formula is C24H25ClN2O4S. The quantitative estimate of drug-likeness (QED) is 0.505. The van der Waals surface area contributed by atoms with E-state index in [-0.39, 0.29) is 11.3 Å². The molecule has 0 aromatic heterocycles. The lowest BCUT2D eigenvalue weighted by Crippen LogP contribution is -2.45. The molecule has 0 aliphatic carbocycles. The summed E-state index contributed by atoms with van der Waals surface area (Å²) in [6, 6.07) is 17.9. The number of sulfonamides is 1. The van der Waals surface area contributed by atoms with Crippen LogP contribution in [-0.2, 0) is 21.2 Å². The molecule has 8 heteroatoms. The summed E-state index contributed by atoms with van der Waals surface area (Å²) in [7, 11) is -2.45. The van der Waals surface area contributed by atoms with E-state index in [0.717, 1.165) is 5.56 Å². The standard InChI is InChI=1S/C24H25ClN2O4S/c1-16-14-19(12-13-23(16)31-3)32(29,30)27-22(15-18-8-5-4-6-9-18)24(28)26-21-11-7-10-20(25)17(21)2/h4-14,22,27H,15H2,1-3H3,(H,26,28)/t22-/m0/s1. The van der Waals surface area contributed by atoms with Crippen molar-refractivity contribution in [2.24, 2.45) is 0 Å². The second kappa shape index (κ2) is 10.2. The van der Waals surface area contributed by atoms with E-state index in [1.807, 2.05) is 30.3 Å². The van der Waals surface area contributed by atoms with Gasteiger partial charge in [0, 0.05) is 10.7 Å². The van der Waals surface area contributed by atoms with Crippen molar-refractivity contribution in [3.05, 3.63) is 88.4 Å². The average molecular weight is 473 g/mol. The third kappa shape index (κ3) is 5.68. The summed E-state index contributed by atoms with van der Waals surface area (Å²) < 4.78 is 34.0. The van der Waals surface area contributed by atoms with Crippen LogP contribution in [0.25, 0.3) is 0 Å². The van der Waals surface area contributed by atoms with Crippen molar-refractivity contribution in [1.29, 1.82) is 0 Å². The number of aryl methyl sites for hydroxylation is 1. The zero-order valence-electron chi connectivity index (χ0n) is 18.1. The van der Waals surface area contributed by atoms with Crippen molar-refractivity contribution in [3.63, 3.8) is 0 Å². The molecule has 0 spiro atoms. The molecule has 0 bridgehead atoms. The summed E-state index contributed by atoms with van der Waals surface area (Å²) in [6.45, 7) is 3.54. The number of anilines is 1. The molecule has 0 saturated carbocycles. The van der Waals surface area contributed by atoms with Crippen molar-refractivity contribution >= 4 is 33.2 Å². The van der Waals surface area contributed by atoms with Crippen LogP contribution in [0, 0.1) is 13.8 Å². The first kappa shape index (κ1) is 23.8. The summed E-state index contributed by atoms with van der Waals surface area (Å²) in [6.07, 6.45) is 0.181. The summed E-state index contributed by atoms with van der Waals surface area (Å²) in [5.74, 6) is 0.104. The van der Waals surface area contributed by atoms with Crippen LogP contribution in [0.15, 0.2) is 71.6 Å². The van der Waals surface area contributed by atoms with E-state index in [9.17, 15) is 13.2 Å². The number of hydrogen-bond donors (Lipinski definition) is 2. The van der Waals surface area contributed by atoms with Crippen LogP contribution in [0.4, 0.5) is 5.69 Å². The molecule has 1 amide bonds. The third-order valence-electron chi connectivity index (χ3n) is 5.10. The Hall–Kier alpha value is -2.87. The molecule has 32 heavy (non-hydrogen) atoms. The average Bonchev–Trinajstić information content (AvgIpc) is 2.77. The predicted molar refractivity (Wildman–Crippen MR) is 127 cm³/mol. The van der Waals surface area contributed by atoms with Crippen LogP contribution >= 0.6 is 11.6 Å². The Morgan fingerprint density at radius 2 is 1.75 bits per heavy atom. The second-order valence-corrected chi connectivity index (χ2v) is 9.52. The van der Waals surface area contributed by atoms with Gasteiger partial charge in [-0.2, -0.15) is 4.72 Å². The number of carbonyl (C=O) groups excluding carboxylic acids is 1. The van der Waals surface area contributed by atoms with E-state index in [0.29, 0.717) is 27.6 Å². The van der Waals surface area contributed by atoms with Gasteiger partial charge in [-0.25, -0.2) is 8.42 Å². The fourth-order valence-electron chi connectivity index (χ4n) is 3.27. The van der Waals surface area contributed by atoms with Crippen LogP contribution in [0.3, 0.4) is 0 Å². The molecule has 3 aromatic rings. The molecule has 0 aliphatic heterocycles. The molecule has 0 heterocycles. The molecule has 0 unspecified atom stereocenters. The van der Waals surface area contributed by atoms with E-state index >= 15 is 0 Å². The van der Waals surface area contributed by atoms with Gasteiger partial charge in [-0.3, -0.25) is 4.79 Å². The minimum atomic E-state index is -3.98. The Bertz CT molecular complexity index is 1210. The Morgan fingerprint density at radius 1 is 1.03 bits per heavy atom. The van der Waals surface area contributed by atoms with Gasteiger partial charge in [0.15, 0.2) is 0 Å². The van der Waals surface area contributed by atoms with Gasteiger partial charge in [0.1, 0.15) is 11.8 Å². The van der Waals surface area contributed by atoms with Crippen molar-refractivity contribution in [2.45, 2.75) is 31.2 Å². The lowest BCUT2D eigenvalue weighted by molar-refractivity contribution is -0.117. The highest BCUT2D eigenvalue weighted by atomic mass is 35.5. The lowest BCUT2D eigenvalue weighted by atomic mass is 10.1. The van der Waals surface area contributed by atoms with Gasteiger partial charge in [-0.15, -0.1) is 0 Å². The highest BCUT2D eigenvalue weighted by Gasteiger charge is 2.27. The number of rotatable bonds is 8. The summed E-state index contributed by atoms with van der Waals surface area (Å²) >= 11 is 6.16. The van der Waals surface area contributed by atoms with E-state index in [1.54, 1.807) is 38.1 Å². The first-order valence-electron chi connectivity index (χ1n) is 9.98. The number of carbonyl (C=O) groups is 1. The molecule has 1 atom stereocenters. The fourth-order valence-corrected chi connectivity index (χ4v) is 4.73. The minimum absolute atomic E-state index is 0.0561. The molecule has 6 nitrogen and oxygen atoms in total. The van der Waals surface area contributed by atoms with Gasteiger partial charge in [0.05, 0.1) is 12.0 Å². The zero-order valence-corrected chi connectivity index (χ0v) is 19.6. The number of halogens is 1. The Morgan fingerprint density at radius 3 is 2.41 bits per heavy atom. The monoisotopic (exact) mass is 472 g/mol. The van der Waals surface area contributed by atoms with E-state index in [1.165, 1.54) is 19.2 Å². The highest BCUT2D eigenvalue weighted by Crippen LogP contribution is 2.24. The molecule has 0 aliphatic rings. The van der Waals surface area contributed by atoms with Crippen molar-refractivity contribution in [2.75, 3.05) is 12.4 Å². The van der Waals surface area contributed by atoms with Gasteiger partial charge in [-0.05, 0) is 67.3 Å². The van der Waals surface area contributed by atoms with Gasteiger partial charge in [0.2, 0.25) is 15.9 Å². The maximum Gasteiger partial charge on any atom is 0.242 e. The fraction of sp³-hybridized carbons (Fsp3) is 0.208. The van der Waals surface area contributed by atoms with Crippen LogP contribution < -0.4 is 14.8 Å². The topological polar surface area (TPSA) is 84.5 Å². The molecule has 0 saturated heterocycles. The first-order valence-corrected chi connectivity index (χ1v) is 11.8. The van der Waals surface area contributed by atoms with Gasteiger partial charge < -0.3 is 10.1 Å². The van der Waals surface area contributed by atoms with Crippen LogP contribution in [0.1, 0.15) is 16.7 Å². The van der Waals surface area contributed by atoms with Crippen LogP contribution in [-0.4, -0.2) is 27.5 Å². The molecule has 2 N–H and O–H groups in total. The van der Waals surface area contributed by atoms with Gasteiger partial charge >= 0.3 is 0 Å². The van der Waals surface area contributed by atoms with E-state index in [4.69, 9.17) is 16.3 Å². The lowest BCUT2D eigenvalue weighted by Gasteiger charge is -2.20. The Labute approximate surface area is 193 Å². The largest absolute Gasteiger partial charge is 0.496 e. The minimum Gasteiger partial charge on any atom is -0.496 e. The Kier molecular flexibility index (Phi) is 7.56. The molecule has 168 valence electrons. The second-order valence-electron chi connectivity index (χ2n) is 7.40. The molecule has 0 fully saturated rings. The number of benzene rings is 3. The SMILES string of the molecule is COc1ccc(S(=O)(=O)N[C@@H](Cc2ccccc2)C(=O)Nc2cccc(Cl)c2C)cc1C. The smallest absolute Gasteiger partial charge is 0.242 e. The predicted octanol–water partition coefficient (Wildman–Crippen LogP) is 4.49. The maximum atomic E-state index is 13.2. The summed E-state index contributed by atoms with van der Waals surface area (Å²) in [5, 5.41) is 3.32. The third-order valence-corrected chi connectivity index (χ3v) is 6.98. The molecule has 3 rings (SSSR count). The maximum absolute atomic E-state index is 13.2. The summed E-state index contributed by atoms with van der Waals surface area (Å²) in [4.78, 5) is 13.2.